The molecule has 0 amide bonds. The Morgan fingerprint density at radius 2 is 1.88 bits per heavy atom. The largest absolute Gasteiger partial charge is 0.454 e. The van der Waals surface area contributed by atoms with E-state index >= 15 is 0 Å². The molecular formula is C13H7Cl2O2. The van der Waals surface area contributed by atoms with Crippen LogP contribution >= 0.6 is 23.2 Å². The van der Waals surface area contributed by atoms with Crippen molar-refractivity contribution in [3.05, 3.63) is 46.4 Å². The molecule has 17 heavy (non-hydrogen) atoms. The first kappa shape index (κ1) is 10.8. The Morgan fingerprint density at radius 1 is 1.06 bits per heavy atom. The van der Waals surface area contributed by atoms with E-state index in [0.29, 0.717) is 15.8 Å². The molecule has 0 saturated heterocycles. The minimum Gasteiger partial charge on any atom is -0.454 e. The zero-order chi connectivity index (χ0) is 11.8. The number of halogens is 2. The summed E-state index contributed by atoms with van der Waals surface area (Å²) in [5, 5.41) is 1.01. The van der Waals surface area contributed by atoms with Crippen molar-refractivity contribution in [2.45, 2.75) is 0 Å². The third-order valence-corrected chi connectivity index (χ3v) is 3.35. The lowest BCUT2D eigenvalue weighted by Gasteiger charge is -2.06. The van der Waals surface area contributed by atoms with E-state index in [2.05, 4.69) is 6.07 Å². The van der Waals surface area contributed by atoms with Crippen LogP contribution in [-0.2, 0) is 0 Å². The fourth-order valence-electron chi connectivity index (χ4n) is 1.72. The molecule has 4 heteroatoms. The van der Waals surface area contributed by atoms with Gasteiger partial charge in [-0.3, -0.25) is 0 Å². The Hall–Kier alpha value is -1.38. The fourth-order valence-corrected chi connectivity index (χ4v) is 2.10. The lowest BCUT2D eigenvalue weighted by Crippen LogP contribution is -1.92. The van der Waals surface area contributed by atoms with Gasteiger partial charge in [-0.25, -0.2) is 0 Å². The van der Waals surface area contributed by atoms with Gasteiger partial charge in [0.2, 0.25) is 6.79 Å². The monoisotopic (exact) mass is 265 g/mol. The highest BCUT2D eigenvalue weighted by Crippen LogP contribution is 2.39. The Bertz CT molecular complexity index is 582. The van der Waals surface area contributed by atoms with Crippen molar-refractivity contribution in [1.82, 2.24) is 0 Å². The van der Waals surface area contributed by atoms with Gasteiger partial charge in [0, 0.05) is 5.56 Å². The number of ether oxygens (including phenoxy) is 2. The third-order valence-electron chi connectivity index (χ3n) is 2.55. The minimum absolute atomic E-state index is 0.256. The zero-order valence-electron chi connectivity index (χ0n) is 8.67. The van der Waals surface area contributed by atoms with Crippen LogP contribution < -0.4 is 9.47 Å². The number of benzene rings is 2. The van der Waals surface area contributed by atoms with Crippen molar-refractivity contribution in [3.8, 4) is 22.6 Å². The lowest BCUT2D eigenvalue weighted by molar-refractivity contribution is 0.174. The lowest BCUT2D eigenvalue weighted by atomic mass is 10.1. The molecule has 0 aromatic heterocycles. The molecule has 0 aliphatic carbocycles. The van der Waals surface area contributed by atoms with E-state index in [-0.39, 0.29) is 6.79 Å². The quantitative estimate of drug-likeness (QED) is 0.770. The molecule has 0 N–H and O–H groups in total. The highest BCUT2D eigenvalue weighted by Gasteiger charge is 2.15. The standard InChI is InChI=1S/C13H7Cl2O2/c14-10-3-1-2-9(13(10)15)8-4-5-11-12(6-8)17-7-16-11/h1,3-6H,7H2. The van der Waals surface area contributed by atoms with Gasteiger partial charge in [0.1, 0.15) is 0 Å². The second-order valence-electron chi connectivity index (χ2n) is 3.58. The normalized spacial score (nSPS) is 12.8. The summed E-state index contributed by atoms with van der Waals surface area (Å²) in [7, 11) is 0. The van der Waals surface area contributed by atoms with Crippen LogP contribution in [0.4, 0.5) is 0 Å². The number of hydrogen-bond donors (Lipinski definition) is 0. The van der Waals surface area contributed by atoms with E-state index in [0.717, 1.165) is 16.9 Å². The van der Waals surface area contributed by atoms with E-state index in [1.165, 1.54) is 0 Å². The number of hydrogen-bond acceptors (Lipinski definition) is 2. The maximum Gasteiger partial charge on any atom is 0.231 e. The average molecular weight is 266 g/mol. The van der Waals surface area contributed by atoms with Crippen LogP contribution in [0, 0.1) is 6.07 Å². The molecule has 2 nitrogen and oxygen atoms in total. The van der Waals surface area contributed by atoms with Gasteiger partial charge in [0.15, 0.2) is 11.5 Å². The van der Waals surface area contributed by atoms with Crippen molar-refractivity contribution < 1.29 is 9.47 Å². The average Bonchev–Trinajstić information content (AvgIpc) is 2.79. The van der Waals surface area contributed by atoms with Gasteiger partial charge in [-0.05, 0) is 29.8 Å². The molecule has 1 heterocycles. The molecule has 3 rings (SSSR count). The predicted octanol–water partition coefficient (Wildman–Crippen LogP) is 4.19. The molecule has 0 bridgehead atoms. The summed E-state index contributed by atoms with van der Waals surface area (Å²) in [5.41, 5.74) is 1.67. The summed E-state index contributed by atoms with van der Waals surface area (Å²) in [6, 6.07) is 12.2. The molecule has 1 aliphatic rings. The highest BCUT2D eigenvalue weighted by molar-refractivity contribution is 6.43. The van der Waals surface area contributed by atoms with Gasteiger partial charge in [0.25, 0.3) is 0 Å². The van der Waals surface area contributed by atoms with Crippen molar-refractivity contribution >= 4 is 23.2 Å². The van der Waals surface area contributed by atoms with Crippen molar-refractivity contribution in [2.75, 3.05) is 6.79 Å². The van der Waals surface area contributed by atoms with E-state index in [4.69, 9.17) is 32.7 Å². The molecule has 0 saturated carbocycles. The molecular weight excluding hydrogens is 259 g/mol. The second-order valence-corrected chi connectivity index (χ2v) is 4.37. The molecule has 0 unspecified atom stereocenters. The second kappa shape index (κ2) is 4.13. The van der Waals surface area contributed by atoms with Gasteiger partial charge in [-0.15, -0.1) is 0 Å². The smallest absolute Gasteiger partial charge is 0.231 e. The van der Waals surface area contributed by atoms with Gasteiger partial charge in [0.05, 0.1) is 10.0 Å². The molecule has 1 radical (unpaired) electrons. The molecule has 0 fully saturated rings. The Kier molecular flexibility index (Phi) is 2.61. The Balaban J connectivity index is 2.13. The van der Waals surface area contributed by atoms with E-state index in [9.17, 15) is 0 Å². The maximum atomic E-state index is 6.14. The molecule has 0 atom stereocenters. The van der Waals surface area contributed by atoms with Crippen molar-refractivity contribution in [3.63, 3.8) is 0 Å². The van der Waals surface area contributed by atoms with E-state index in [1.54, 1.807) is 12.1 Å². The van der Waals surface area contributed by atoms with Gasteiger partial charge in [-0.1, -0.05) is 35.3 Å². The first-order valence-corrected chi connectivity index (χ1v) is 5.77. The molecule has 2 aromatic rings. The van der Waals surface area contributed by atoms with E-state index < -0.39 is 0 Å². The number of fused-ring (bicyclic) bond motifs is 1. The van der Waals surface area contributed by atoms with Crippen LogP contribution in [-0.4, -0.2) is 6.79 Å². The molecule has 2 aromatic carbocycles. The summed E-state index contributed by atoms with van der Waals surface area (Å²) >= 11 is 12.1. The fraction of sp³-hybridized carbons (Fsp3) is 0.0769. The predicted molar refractivity (Wildman–Crippen MR) is 66.9 cm³/mol. The van der Waals surface area contributed by atoms with Crippen LogP contribution in [0.5, 0.6) is 11.5 Å². The van der Waals surface area contributed by atoms with Gasteiger partial charge in [-0.2, -0.15) is 0 Å². The summed E-state index contributed by atoms with van der Waals surface area (Å²) in [6.07, 6.45) is 0. The number of rotatable bonds is 1. The van der Waals surface area contributed by atoms with Gasteiger partial charge >= 0.3 is 0 Å². The van der Waals surface area contributed by atoms with Crippen LogP contribution in [0.15, 0.2) is 30.3 Å². The summed E-state index contributed by atoms with van der Waals surface area (Å²) in [6.45, 7) is 0.256. The van der Waals surface area contributed by atoms with Crippen LogP contribution in [0.25, 0.3) is 11.1 Å². The zero-order valence-corrected chi connectivity index (χ0v) is 10.2. The first-order valence-electron chi connectivity index (χ1n) is 5.01. The van der Waals surface area contributed by atoms with Crippen LogP contribution in [0.3, 0.4) is 0 Å². The molecule has 1 aliphatic heterocycles. The van der Waals surface area contributed by atoms with Crippen LogP contribution in [0.2, 0.25) is 10.0 Å². The minimum atomic E-state index is 0.256. The Morgan fingerprint density at radius 3 is 2.76 bits per heavy atom. The summed E-state index contributed by atoms with van der Waals surface area (Å²) < 4.78 is 10.6. The van der Waals surface area contributed by atoms with Gasteiger partial charge < -0.3 is 9.47 Å². The van der Waals surface area contributed by atoms with E-state index in [1.807, 2.05) is 18.2 Å². The first-order chi connectivity index (χ1) is 8.25. The van der Waals surface area contributed by atoms with Crippen molar-refractivity contribution in [1.29, 1.82) is 0 Å². The third kappa shape index (κ3) is 1.84. The van der Waals surface area contributed by atoms with Crippen LogP contribution in [0.1, 0.15) is 0 Å². The summed E-state index contributed by atoms with van der Waals surface area (Å²) in [5.74, 6) is 1.46. The Labute approximate surface area is 109 Å². The topological polar surface area (TPSA) is 18.5 Å². The molecule has 85 valence electrons. The maximum absolute atomic E-state index is 6.14. The summed E-state index contributed by atoms with van der Waals surface area (Å²) in [4.78, 5) is 0. The highest BCUT2D eigenvalue weighted by atomic mass is 35.5. The molecule has 0 spiro atoms. The van der Waals surface area contributed by atoms with Crippen molar-refractivity contribution in [2.24, 2.45) is 0 Å². The SMILES string of the molecule is Clc1cc[c]c(-c2ccc3c(c2)OCO3)c1Cl.